The van der Waals surface area contributed by atoms with Crippen LogP contribution in [0, 0.1) is 0 Å². The lowest BCUT2D eigenvalue weighted by atomic mass is 10.1. The van der Waals surface area contributed by atoms with Crippen molar-refractivity contribution < 1.29 is 9.90 Å². The summed E-state index contributed by atoms with van der Waals surface area (Å²) in [5.74, 6) is -0.196. The van der Waals surface area contributed by atoms with Crippen molar-refractivity contribution in [3.8, 4) is 0 Å². The summed E-state index contributed by atoms with van der Waals surface area (Å²) in [5.41, 5.74) is 1.48. The monoisotopic (exact) mass is 244 g/mol. The number of aliphatic hydroxyl groups is 1. The van der Waals surface area contributed by atoms with Gasteiger partial charge in [0.2, 0.25) is 0 Å². The number of carbonyl (C=O) groups is 1. The van der Waals surface area contributed by atoms with Crippen molar-refractivity contribution >= 4 is 12.1 Å². The maximum atomic E-state index is 11.3. The van der Waals surface area contributed by atoms with Crippen molar-refractivity contribution in [3.05, 3.63) is 47.2 Å². The lowest BCUT2D eigenvalue weighted by molar-refractivity contribution is -0.116. The summed E-state index contributed by atoms with van der Waals surface area (Å²) in [5, 5.41) is 12.0. The first-order valence-electron chi connectivity index (χ1n) is 5.94. The van der Waals surface area contributed by atoms with Crippen LogP contribution in [0.25, 0.3) is 0 Å². The van der Waals surface area contributed by atoms with E-state index in [-0.39, 0.29) is 29.8 Å². The smallest absolute Gasteiger partial charge is 0.256 e. The van der Waals surface area contributed by atoms with Gasteiger partial charge in [0.05, 0.1) is 18.2 Å². The van der Waals surface area contributed by atoms with E-state index in [1.165, 1.54) is 11.8 Å². The number of carbonyl (C=O) groups excluding carboxylic acids is 1. The molecule has 0 aliphatic carbocycles. The molecule has 0 radical (unpaired) electrons. The third-order valence-electron chi connectivity index (χ3n) is 2.80. The predicted molar refractivity (Wildman–Crippen MR) is 70.8 cm³/mol. The molecule has 0 saturated heterocycles. The molecular weight excluding hydrogens is 228 g/mol. The minimum absolute atomic E-state index is 0.0654. The first kappa shape index (κ1) is 12.4. The first-order valence-corrected chi connectivity index (χ1v) is 5.94. The second-order valence-electron chi connectivity index (χ2n) is 4.36. The Balaban J connectivity index is 1.97. The van der Waals surface area contributed by atoms with Crippen LogP contribution in [0.5, 0.6) is 0 Å². The molecule has 2 N–H and O–H groups in total. The van der Waals surface area contributed by atoms with Crippen LogP contribution in [-0.4, -0.2) is 29.8 Å². The Kier molecular flexibility index (Phi) is 3.77. The molecule has 18 heavy (non-hydrogen) atoms. The molecule has 94 valence electrons. The molecule has 1 aliphatic rings. The van der Waals surface area contributed by atoms with Crippen molar-refractivity contribution in [1.82, 2.24) is 5.32 Å². The van der Waals surface area contributed by atoms with Gasteiger partial charge in [0.15, 0.2) is 0 Å². The Morgan fingerprint density at radius 2 is 2.17 bits per heavy atom. The Morgan fingerprint density at radius 1 is 1.44 bits per heavy atom. The third-order valence-corrected chi connectivity index (χ3v) is 2.80. The molecule has 1 aromatic carbocycles. The van der Waals surface area contributed by atoms with E-state index in [0.717, 1.165) is 6.42 Å². The molecule has 1 unspecified atom stereocenters. The average molecular weight is 244 g/mol. The molecule has 1 aromatic rings. The number of amides is 1. The number of hydrogen-bond donors (Lipinski definition) is 2. The van der Waals surface area contributed by atoms with E-state index in [4.69, 9.17) is 0 Å². The molecule has 4 heteroatoms. The molecule has 1 amide bonds. The van der Waals surface area contributed by atoms with Gasteiger partial charge in [-0.3, -0.25) is 9.79 Å². The summed E-state index contributed by atoms with van der Waals surface area (Å²) in [6, 6.07) is 10.1. The van der Waals surface area contributed by atoms with Gasteiger partial charge < -0.3 is 10.4 Å². The second-order valence-corrected chi connectivity index (χ2v) is 4.36. The highest BCUT2D eigenvalue weighted by Gasteiger charge is 2.20. The number of hydrogen-bond acceptors (Lipinski definition) is 3. The highest BCUT2D eigenvalue weighted by atomic mass is 16.3. The van der Waals surface area contributed by atoms with Crippen LogP contribution >= 0.6 is 0 Å². The van der Waals surface area contributed by atoms with E-state index < -0.39 is 0 Å². The number of aliphatic hydroxyl groups excluding tert-OH is 1. The van der Waals surface area contributed by atoms with Crippen LogP contribution in [0.15, 0.2) is 46.7 Å². The number of nitrogens with one attached hydrogen (secondary N) is 1. The quantitative estimate of drug-likeness (QED) is 0.791. The molecular formula is C14H16N2O2. The Hall–Kier alpha value is -2.10. The molecule has 1 heterocycles. The maximum absolute atomic E-state index is 11.3. The lowest BCUT2D eigenvalue weighted by Gasteiger charge is -2.05. The van der Waals surface area contributed by atoms with Crippen LogP contribution < -0.4 is 5.32 Å². The number of aliphatic imine (C=N–C) groups is 1. The Labute approximate surface area is 106 Å². The highest BCUT2D eigenvalue weighted by molar-refractivity contribution is 6.14. The van der Waals surface area contributed by atoms with Gasteiger partial charge in [-0.15, -0.1) is 0 Å². The Bertz CT molecular complexity index is 492. The number of benzene rings is 1. The van der Waals surface area contributed by atoms with E-state index in [0.29, 0.717) is 0 Å². The van der Waals surface area contributed by atoms with Crippen LogP contribution in [0.2, 0.25) is 0 Å². The number of rotatable bonds is 4. The molecule has 0 bridgehead atoms. The molecule has 2 rings (SSSR count). The normalized spacial score (nSPS) is 17.3. The zero-order valence-corrected chi connectivity index (χ0v) is 10.3. The highest BCUT2D eigenvalue weighted by Crippen LogP contribution is 2.08. The third kappa shape index (κ3) is 2.97. The van der Waals surface area contributed by atoms with Crippen LogP contribution in [0.1, 0.15) is 12.5 Å². The zero-order valence-electron chi connectivity index (χ0n) is 10.3. The van der Waals surface area contributed by atoms with Crippen molar-refractivity contribution in [1.29, 1.82) is 0 Å². The standard InChI is InChI=1S/C14H16N2O2/c1-10(7-11-5-3-2-4-6-11)15-8-12-13(17)9-16-14(12)18/h2-6,8,10,17H,7,9H2,1H3,(H,16,18). The maximum Gasteiger partial charge on any atom is 0.256 e. The average Bonchev–Trinajstić information content (AvgIpc) is 2.68. The minimum Gasteiger partial charge on any atom is -0.510 e. The number of nitrogens with zero attached hydrogens (tertiary/aromatic N) is 1. The summed E-state index contributed by atoms with van der Waals surface area (Å²) in [6.45, 7) is 2.18. The van der Waals surface area contributed by atoms with Gasteiger partial charge >= 0.3 is 0 Å². The summed E-state index contributed by atoms with van der Waals surface area (Å²) < 4.78 is 0. The zero-order chi connectivity index (χ0) is 13.0. The lowest BCUT2D eigenvalue weighted by Crippen LogP contribution is -2.18. The second kappa shape index (κ2) is 5.49. The minimum atomic E-state index is -0.261. The van der Waals surface area contributed by atoms with Gasteiger partial charge in [0.1, 0.15) is 5.76 Å². The summed E-state index contributed by atoms with van der Waals surface area (Å²) in [6.07, 6.45) is 2.28. The van der Waals surface area contributed by atoms with Crippen molar-refractivity contribution in [2.45, 2.75) is 19.4 Å². The fraction of sp³-hybridized carbons (Fsp3) is 0.286. The van der Waals surface area contributed by atoms with Crippen LogP contribution in [0.3, 0.4) is 0 Å². The van der Waals surface area contributed by atoms with E-state index in [2.05, 4.69) is 10.3 Å². The topological polar surface area (TPSA) is 61.7 Å². The first-order chi connectivity index (χ1) is 8.66. The summed E-state index contributed by atoms with van der Waals surface area (Å²) in [4.78, 5) is 15.6. The van der Waals surface area contributed by atoms with Crippen LogP contribution in [-0.2, 0) is 11.2 Å². The summed E-state index contributed by atoms with van der Waals surface area (Å²) in [7, 11) is 0. The fourth-order valence-electron chi connectivity index (χ4n) is 1.83. The van der Waals surface area contributed by atoms with Gasteiger partial charge in [-0.2, -0.15) is 0 Å². The molecule has 0 aromatic heterocycles. The predicted octanol–water partition coefficient (Wildman–Crippen LogP) is 1.63. The van der Waals surface area contributed by atoms with Crippen molar-refractivity contribution in [3.63, 3.8) is 0 Å². The Morgan fingerprint density at radius 3 is 2.78 bits per heavy atom. The van der Waals surface area contributed by atoms with Crippen molar-refractivity contribution in [2.75, 3.05) is 6.54 Å². The van der Waals surface area contributed by atoms with Gasteiger partial charge in [-0.05, 0) is 18.9 Å². The molecule has 0 saturated carbocycles. The van der Waals surface area contributed by atoms with Gasteiger partial charge in [-0.1, -0.05) is 30.3 Å². The van der Waals surface area contributed by atoms with Gasteiger partial charge in [-0.25, -0.2) is 0 Å². The van der Waals surface area contributed by atoms with Gasteiger partial charge in [0, 0.05) is 6.21 Å². The van der Waals surface area contributed by atoms with Crippen molar-refractivity contribution in [2.24, 2.45) is 4.99 Å². The van der Waals surface area contributed by atoms with Gasteiger partial charge in [0.25, 0.3) is 5.91 Å². The molecule has 0 fully saturated rings. The van der Waals surface area contributed by atoms with E-state index in [1.807, 2.05) is 37.3 Å². The molecule has 4 nitrogen and oxygen atoms in total. The van der Waals surface area contributed by atoms with E-state index >= 15 is 0 Å². The van der Waals surface area contributed by atoms with Crippen LogP contribution in [0.4, 0.5) is 0 Å². The summed E-state index contributed by atoms with van der Waals surface area (Å²) >= 11 is 0. The fourth-order valence-corrected chi connectivity index (χ4v) is 1.83. The molecule has 0 spiro atoms. The molecule has 1 aliphatic heterocycles. The SMILES string of the molecule is CC(Cc1ccccc1)N=CC1=C(O)CNC1=O. The largest absolute Gasteiger partial charge is 0.510 e. The van der Waals surface area contributed by atoms with E-state index in [9.17, 15) is 9.90 Å². The molecule has 1 atom stereocenters. The van der Waals surface area contributed by atoms with E-state index in [1.54, 1.807) is 0 Å².